The molecule has 150 valence electrons. The summed E-state index contributed by atoms with van der Waals surface area (Å²) >= 11 is 0. The highest BCUT2D eigenvalue weighted by atomic mass is 19.1. The minimum Gasteiger partial charge on any atom is -0.494 e. The smallest absolute Gasteiger partial charge is 0.437 e. The van der Waals surface area contributed by atoms with Crippen molar-refractivity contribution in [2.24, 2.45) is 0 Å². The summed E-state index contributed by atoms with van der Waals surface area (Å²) in [5, 5.41) is 17.5. The highest BCUT2D eigenvalue weighted by Crippen LogP contribution is 2.29. The fourth-order valence-electron chi connectivity index (χ4n) is 2.47. The average Bonchev–Trinajstić information content (AvgIpc) is 3.04. The third-order valence-corrected chi connectivity index (χ3v) is 3.74. The van der Waals surface area contributed by atoms with Crippen LogP contribution in [0.3, 0.4) is 0 Å². The molecule has 3 rings (SSSR count). The van der Waals surface area contributed by atoms with Crippen LogP contribution in [0.25, 0.3) is 11.5 Å². The molecule has 0 aliphatic rings. The number of nitrogens with one attached hydrogen (secondary N) is 1. The summed E-state index contributed by atoms with van der Waals surface area (Å²) in [5.41, 5.74) is -0.0626. The number of hydrogen-bond acceptors (Lipinski definition) is 7. The van der Waals surface area contributed by atoms with E-state index in [1.165, 1.54) is 42.5 Å². The molecule has 1 amide bonds. The Labute approximate surface area is 162 Å². The van der Waals surface area contributed by atoms with E-state index in [2.05, 4.69) is 10.4 Å². The van der Waals surface area contributed by atoms with E-state index in [1.807, 2.05) is 0 Å². The standard InChI is InChI=1S/C18H15FN4O6/c1-2-28-13-7-8-14(15(9-13)23(26)27)20-16(24)10-22-18(25)29-17(21-22)11-3-5-12(19)6-4-11/h3-9H,2,10H2,1H3,(H,20,24). The van der Waals surface area contributed by atoms with E-state index in [-0.39, 0.29) is 23.0 Å². The van der Waals surface area contributed by atoms with E-state index in [1.54, 1.807) is 6.92 Å². The number of nitro benzene ring substituents is 1. The monoisotopic (exact) mass is 402 g/mol. The van der Waals surface area contributed by atoms with Crippen LogP contribution in [-0.2, 0) is 11.3 Å². The van der Waals surface area contributed by atoms with E-state index < -0.39 is 28.9 Å². The molecule has 0 saturated heterocycles. The molecule has 2 aromatic carbocycles. The first-order valence-electron chi connectivity index (χ1n) is 8.42. The zero-order valence-electron chi connectivity index (χ0n) is 15.1. The predicted molar refractivity (Wildman–Crippen MR) is 99.1 cm³/mol. The summed E-state index contributed by atoms with van der Waals surface area (Å²) in [7, 11) is 0. The number of rotatable bonds is 7. The molecule has 11 heteroatoms. The fraction of sp³-hybridized carbons (Fsp3) is 0.167. The molecular formula is C18H15FN4O6. The molecule has 3 aromatic rings. The van der Waals surface area contributed by atoms with Crippen molar-refractivity contribution < 1.29 is 23.3 Å². The minimum atomic E-state index is -0.902. The van der Waals surface area contributed by atoms with Gasteiger partial charge in [0.05, 0.1) is 17.6 Å². The second kappa shape index (κ2) is 8.33. The molecule has 0 aliphatic heterocycles. The molecule has 0 aliphatic carbocycles. The first-order chi connectivity index (χ1) is 13.9. The quantitative estimate of drug-likeness (QED) is 0.475. The molecule has 1 heterocycles. The molecule has 0 spiro atoms. The third kappa shape index (κ3) is 4.64. The lowest BCUT2D eigenvalue weighted by atomic mass is 10.2. The van der Waals surface area contributed by atoms with Crippen molar-refractivity contribution in [1.29, 1.82) is 0 Å². The second-order valence-corrected chi connectivity index (χ2v) is 5.75. The molecule has 0 atom stereocenters. The zero-order chi connectivity index (χ0) is 21.0. The van der Waals surface area contributed by atoms with Gasteiger partial charge in [0.1, 0.15) is 23.8 Å². The van der Waals surface area contributed by atoms with Crippen LogP contribution in [-0.4, -0.2) is 27.2 Å². The predicted octanol–water partition coefficient (Wildman–Crippen LogP) is 2.59. The molecule has 29 heavy (non-hydrogen) atoms. The molecule has 0 fully saturated rings. The van der Waals surface area contributed by atoms with Gasteiger partial charge in [0, 0.05) is 5.56 Å². The first-order valence-corrected chi connectivity index (χ1v) is 8.42. The number of amides is 1. The van der Waals surface area contributed by atoms with Gasteiger partial charge < -0.3 is 14.5 Å². The Morgan fingerprint density at radius 1 is 1.31 bits per heavy atom. The minimum absolute atomic E-state index is 0.0567. The van der Waals surface area contributed by atoms with Crippen molar-refractivity contribution in [2.45, 2.75) is 13.5 Å². The van der Waals surface area contributed by atoms with E-state index in [0.717, 1.165) is 4.68 Å². The summed E-state index contributed by atoms with van der Waals surface area (Å²) in [4.78, 5) is 34.8. The molecule has 0 bridgehead atoms. The van der Waals surface area contributed by atoms with E-state index in [9.17, 15) is 24.1 Å². The van der Waals surface area contributed by atoms with Gasteiger partial charge in [-0.1, -0.05) is 0 Å². The number of carbonyl (C=O) groups excluding carboxylic acids is 1. The van der Waals surface area contributed by atoms with Crippen LogP contribution in [0.5, 0.6) is 5.75 Å². The molecule has 0 unspecified atom stereocenters. The summed E-state index contributed by atoms with van der Waals surface area (Å²) in [6.07, 6.45) is 0. The van der Waals surface area contributed by atoms with Crippen molar-refractivity contribution >= 4 is 17.3 Å². The average molecular weight is 402 g/mol. The zero-order valence-corrected chi connectivity index (χ0v) is 15.1. The molecule has 0 saturated carbocycles. The van der Waals surface area contributed by atoms with Gasteiger partial charge in [0.2, 0.25) is 11.8 Å². The van der Waals surface area contributed by atoms with Gasteiger partial charge in [-0.2, -0.15) is 4.68 Å². The lowest BCUT2D eigenvalue weighted by Crippen LogP contribution is -2.26. The largest absolute Gasteiger partial charge is 0.494 e. The Balaban J connectivity index is 1.77. The Kier molecular flexibility index (Phi) is 5.67. The van der Waals surface area contributed by atoms with Gasteiger partial charge >= 0.3 is 5.76 Å². The fourth-order valence-corrected chi connectivity index (χ4v) is 2.47. The normalized spacial score (nSPS) is 10.6. The lowest BCUT2D eigenvalue weighted by Gasteiger charge is -2.08. The number of anilines is 1. The molecular weight excluding hydrogens is 387 g/mol. The Hall–Kier alpha value is -4.02. The van der Waals surface area contributed by atoms with Crippen molar-refractivity contribution in [3.05, 3.63) is 68.9 Å². The second-order valence-electron chi connectivity index (χ2n) is 5.75. The van der Waals surface area contributed by atoms with Gasteiger partial charge in [-0.3, -0.25) is 14.9 Å². The number of nitrogens with zero attached hydrogens (tertiary/aromatic N) is 3. The SMILES string of the molecule is CCOc1ccc(NC(=O)Cn2nc(-c3ccc(F)cc3)oc2=O)c([N+](=O)[O-])c1. The Morgan fingerprint density at radius 3 is 2.69 bits per heavy atom. The third-order valence-electron chi connectivity index (χ3n) is 3.74. The number of benzene rings is 2. The van der Waals surface area contributed by atoms with Gasteiger partial charge in [-0.15, -0.1) is 5.10 Å². The maximum atomic E-state index is 13.0. The van der Waals surface area contributed by atoms with Crippen LogP contribution in [0, 0.1) is 15.9 Å². The maximum absolute atomic E-state index is 13.0. The topological polar surface area (TPSA) is 130 Å². The lowest BCUT2D eigenvalue weighted by molar-refractivity contribution is -0.384. The highest BCUT2D eigenvalue weighted by molar-refractivity contribution is 5.93. The van der Waals surface area contributed by atoms with Crippen molar-refractivity contribution in [2.75, 3.05) is 11.9 Å². The van der Waals surface area contributed by atoms with Crippen LogP contribution < -0.4 is 15.8 Å². The van der Waals surface area contributed by atoms with Crippen molar-refractivity contribution in [1.82, 2.24) is 9.78 Å². The summed E-state index contributed by atoms with van der Waals surface area (Å²) in [6, 6.07) is 9.08. The Morgan fingerprint density at radius 2 is 2.03 bits per heavy atom. The summed E-state index contributed by atoms with van der Waals surface area (Å²) in [5.74, 6) is -1.89. The molecule has 10 nitrogen and oxygen atoms in total. The molecule has 1 N–H and O–H groups in total. The van der Waals surface area contributed by atoms with Crippen molar-refractivity contribution in [3.8, 4) is 17.2 Å². The van der Waals surface area contributed by atoms with E-state index in [4.69, 9.17) is 9.15 Å². The van der Waals surface area contributed by atoms with Crippen LogP contribution in [0.2, 0.25) is 0 Å². The van der Waals surface area contributed by atoms with Crippen LogP contribution in [0.15, 0.2) is 51.7 Å². The number of halogens is 1. The number of nitro groups is 1. The summed E-state index contributed by atoms with van der Waals surface area (Å²) in [6.45, 7) is 1.53. The Bertz CT molecular complexity index is 1110. The maximum Gasteiger partial charge on any atom is 0.437 e. The van der Waals surface area contributed by atoms with Gasteiger partial charge in [0.15, 0.2) is 0 Å². The van der Waals surface area contributed by atoms with Gasteiger partial charge in [-0.05, 0) is 43.3 Å². The number of ether oxygens (including phenoxy) is 1. The summed E-state index contributed by atoms with van der Waals surface area (Å²) < 4.78 is 23.9. The van der Waals surface area contributed by atoms with Crippen molar-refractivity contribution in [3.63, 3.8) is 0 Å². The first kappa shape index (κ1) is 19.7. The van der Waals surface area contributed by atoms with E-state index >= 15 is 0 Å². The van der Waals surface area contributed by atoms with Gasteiger partial charge in [-0.25, -0.2) is 9.18 Å². The van der Waals surface area contributed by atoms with Gasteiger partial charge in [0.25, 0.3) is 5.69 Å². The molecule has 1 aromatic heterocycles. The number of hydrogen-bond donors (Lipinski definition) is 1. The highest BCUT2D eigenvalue weighted by Gasteiger charge is 2.19. The van der Waals surface area contributed by atoms with Crippen LogP contribution in [0.4, 0.5) is 15.8 Å². The number of carbonyl (C=O) groups is 1. The molecule has 0 radical (unpaired) electrons. The number of aromatic nitrogens is 2. The van der Waals surface area contributed by atoms with Crippen LogP contribution in [0.1, 0.15) is 6.92 Å². The van der Waals surface area contributed by atoms with Crippen LogP contribution >= 0.6 is 0 Å². The van der Waals surface area contributed by atoms with E-state index in [0.29, 0.717) is 12.2 Å².